The number of aryl methyl sites for hydroxylation is 1. The van der Waals surface area contributed by atoms with Crippen molar-refractivity contribution in [2.45, 2.75) is 31.9 Å². The van der Waals surface area contributed by atoms with Crippen LogP contribution in [-0.2, 0) is 6.54 Å². The van der Waals surface area contributed by atoms with Gasteiger partial charge in [0.25, 0.3) is 5.91 Å². The Kier molecular flexibility index (Phi) is 8.54. The minimum Gasteiger partial charge on any atom is -0.489 e. The first-order valence-electron chi connectivity index (χ1n) is 10.6. The van der Waals surface area contributed by atoms with E-state index in [2.05, 4.69) is 15.3 Å². The summed E-state index contributed by atoms with van der Waals surface area (Å²) in [5.41, 5.74) is 0.554. The zero-order valence-electron chi connectivity index (χ0n) is 17.9. The molecule has 3 rings (SSSR count). The molecule has 0 unspecified atom stereocenters. The maximum Gasteiger partial charge on any atom is 0.251 e. The minimum absolute atomic E-state index is 0.117. The van der Waals surface area contributed by atoms with Crippen LogP contribution in [-0.4, -0.2) is 78.4 Å². The summed E-state index contributed by atoms with van der Waals surface area (Å²) in [6.07, 6.45) is 7.03. The van der Waals surface area contributed by atoms with E-state index in [1.165, 1.54) is 0 Å². The zero-order chi connectivity index (χ0) is 21.3. The van der Waals surface area contributed by atoms with Crippen molar-refractivity contribution in [3.05, 3.63) is 47.2 Å². The van der Waals surface area contributed by atoms with E-state index in [0.717, 1.165) is 52.0 Å². The third-order valence-electron chi connectivity index (χ3n) is 5.29. The number of rotatable bonds is 10. The standard InChI is InChI=1S/C22H32ClN5O2/c1-26(2)16-10-24-22(29)18-5-6-21(20(23)17-18)30-19-7-14-27(15-8-19)11-4-13-28-12-3-9-25-28/h3,5-6,9,12,17,19H,4,7-8,10-11,13-16H2,1-2H3,(H,24,29). The molecule has 7 nitrogen and oxygen atoms in total. The lowest BCUT2D eigenvalue weighted by molar-refractivity contribution is 0.0950. The van der Waals surface area contributed by atoms with Gasteiger partial charge < -0.3 is 19.9 Å². The van der Waals surface area contributed by atoms with Crippen molar-refractivity contribution in [2.75, 3.05) is 46.8 Å². The van der Waals surface area contributed by atoms with Crippen molar-refractivity contribution < 1.29 is 9.53 Å². The molecule has 0 atom stereocenters. The molecule has 1 N–H and O–H groups in total. The molecule has 1 fully saturated rings. The second-order valence-electron chi connectivity index (χ2n) is 7.99. The molecule has 8 heteroatoms. The molecule has 0 bridgehead atoms. The van der Waals surface area contributed by atoms with E-state index in [9.17, 15) is 4.79 Å². The average Bonchev–Trinajstić information content (AvgIpc) is 3.24. The fourth-order valence-electron chi connectivity index (χ4n) is 3.55. The van der Waals surface area contributed by atoms with Gasteiger partial charge in [-0.15, -0.1) is 0 Å². The van der Waals surface area contributed by atoms with Crippen LogP contribution in [0.5, 0.6) is 5.75 Å². The number of carbonyl (C=O) groups excluding carboxylic acids is 1. The highest BCUT2D eigenvalue weighted by molar-refractivity contribution is 6.32. The molecule has 1 saturated heterocycles. The van der Waals surface area contributed by atoms with E-state index in [4.69, 9.17) is 16.3 Å². The number of amides is 1. The van der Waals surface area contributed by atoms with Crippen LogP contribution < -0.4 is 10.1 Å². The van der Waals surface area contributed by atoms with E-state index in [-0.39, 0.29) is 12.0 Å². The van der Waals surface area contributed by atoms with Crippen molar-refractivity contribution in [3.63, 3.8) is 0 Å². The number of aromatic nitrogens is 2. The zero-order valence-corrected chi connectivity index (χ0v) is 18.6. The predicted octanol–water partition coefficient (Wildman–Crippen LogP) is 2.76. The van der Waals surface area contributed by atoms with Gasteiger partial charge in [-0.25, -0.2) is 0 Å². The summed E-state index contributed by atoms with van der Waals surface area (Å²) >= 11 is 6.39. The van der Waals surface area contributed by atoms with E-state index in [1.54, 1.807) is 18.2 Å². The van der Waals surface area contributed by atoms with E-state index in [1.807, 2.05) is 42.1 Å². The summed E-state index contributed by atoms with van der Waals surface area (Å²) in [4.78, 5) is 16.7. The molecule has 2 heterocycles. The first kappa shape index (κ1) is 22.6. The van der Waals surface area contributed by atoms with Gasteiger partial charge in [0, 0.05) is 50.7 Å². The Hall–Kier alpha value is -2.09. The van der Waals surface area contributed by atoms with Crippen LogP contribution in [0.1, 0.15) is 29.6 Å². The number of likely N-dealkylation sites (tertiary alicyclic amines) is 1. The molecule has 0 saturated carbocycles. The Bertz CT molecular complexity index is 789. The molecule has 30 heavy (non-hydrogen) atoms. The summed E-state index contributed by atoms with van der Waals surface area (Å²) in [6, 6.07) is 7.22. The Labute approximate surface area is 183 Å². The summed E-state index contributed by atoms with van der Waals surface area (Å²) in [6.45, 7) is 5.46. The Morgan fingerprint density at radius 2 is 2.10 bits per heavy atom. The number of hydrogen-bond acceptors (Lipinski definition) is 5. The highest BCUT2D eigenvalue weighted by atomic mass is 35.5. The number of carbonyl (C=O) groups is 1. The second kappa shape index (κ2) is 11.3. The monoisotopic (exact) mass is 433 g/mol. The summed E-state index contributed by atoms with van der Waals surface area (Å²) in [5.74, 6) is 0.535. The molecule has 1 aliphatic rings. The Morgan fingerprint density at radius 1 is 1.30 bits per heavy atom. The van der Waals surface area contributed by atoms with E-state index in [0.29, 0.717) is 22.9 Å². The number of nitrogens with zero attached hydrogens (tertiary/aromatic N) is 4. The van der Waals surface area contributed by atoms with Crippen molar-refractivity contribution >= 4 is 17.5 Å². The molecule has 1 aromatic carbocycles. The van der Waals surface area contributed by atoms with Crippen LogP contribution in [0.4, 0.5) is 0 Å². The van der Waals surface area contributed by atoms with Gasteiger partial charge >= 0.3 is 0 Å². The van der Waals surface area contributed by atoms with Crippen LogP contribution >= 0.6 is 11.6 Å². The van der Waals surface area contributed by atoms with Gasteiger partial charge in [0.15, 0.2) is 0 Å². The van der Waals surface area contributed by atoms with Crippen LogP contribution in [0, 0.1) is 0 Å². The molecule has 164 valence electrons. The smallest absolute Gasteiger partial charge is 0.251 e. The third kappa shape index (κ3) is 7.00. The predicted molar refractivity (Wildman–Crippen MR) is 119 cm³/mol. The number of piperidine rings is 1. The number of ether oxygens (including phenoxy) is 1. The highest BCUT2D eigenvalue weighted by Crippen LogP contribution is 2.28. The average molecular weight is 434 g/mol. The van der Waals surface area contributed by atoms with Crippen molar-refractivity contribution in [1.29, 1.82) is 0 Å². The number of nitrogens with one attached hydrogen (secondary N) is 1. The van der Waals surface area contributed by atoms with Crippen LogP contribution in [0.25, 0.3) is 0 Å². The lowest BCUT2D eigenvalue weighted by Gasteiger charge is -2.32. The fourth-order valence-corrected chi connectivity index (χ4v) is 3.78. The molecular weight excluding hydrogens is 402 g/mol. The largest absolute Gasteiger partial charge is 0.489 e. The van der Waals surface area contributed by atoms with Crippen molar-refractivity contribution in [1.82, 2.24) is 24.9 Å². The van der Waals surface area contributed by atoms with Gasteiger partial charge in [0.2, 0.25) is 0 Å². The number of likely N-dealkylation sites (N-methyl/N-ethyl adjacent to an activating group) is 1. The van der Waals surface area contributed by atoms with E-state index < -0.39 is 0 Å². The maximum atomic E-state index is 12.2. The van der Waals surface area contributed by atoms with Crippen molar-refractivity contribution in [3.8, 4) is 5.75 Å². The summed E-state index contributed by atoms with van der Waals surface area (Å²) in [7, 11) is 3.95. The minimum atomic E-state index is -0.117. The molecule has 0 radical (unpaired) electrons. The number of hydrogen-bond donors (Lipinski definition) is 1. The van der Waals surface area contributed by atoms with Gasteiger partial charge in [-0.1, -0.05) is 11.6 Å². The molecule has 1 aromatic heterocycles. The summed E-state index contributed by atoms with van der Waals surface area (Å²) in [5, 5.41) is 7.62. The van der Waals surface area contributed by atoms with Crippen LogP contribution in [0.15, 0.2) is 36.7 Å². The lowest BCUT2D eigenvalue weighted by Crippen LogP contribution is -2.39. The summed E-state index contributed by atoms with van der Waals surface area (Å²) < 4.78 is 8.11. The molecule has 2 aromatic rings. The Morgan fingerprint density at radius 3 is 2.77 bits per heavy atom. The quantitative estimate of drug-likeness (QED) is 0.624. The molecule has 1 amide bonds. The van der Waals surface area contributed by atoms with E-state index >= 15 is 0 Å². The van der Waals surface area contributed by atoms with Gasteiger partial charge in [-0.05, 0) is 64.2 Å². The number of halogens is 1. The molecular formula is C22H32ClN5O2. The van der Waals surface area contributed by atoms with Crippen LogP contribution in [0.3, 0.4) is 0 Å². The lowest BCUT2D eigenvalue weighted by atomic mass is 10.1. The topological polar surface area (TPSA) is 62.6 Å². The van der Waals surface area contributed by atoms with Gasteiger partial charge in [-0.2, -0.15) is 5.10 Å². The SMILES string of the molecule is CN(C)CCNC(=O)c1ccc(OC2CCN(CCCn3cccn3)CC2)c(Cl)c1. The highest BCUT2D eigenvalue weighted by Gasteiger charge is 2.21. The second-order valence-corrected chi connectivity index (χ2v) is 8.39. The fraction of sp³-hybridized carbons (Fsp3) is 0.545. The first-order chi connectivity index (χ1) is 14.5. The van der Waals surface area contributed by atoms with Crippen LogP contribution in [0.2, 0.25) is 5.02 Å². The first-order valence-corrected chi connectivity index (χ1v) is 11.0. The maximum absolute atomic E-state index is 12.2. The van der Waals surface area contributed by atoms with Crippen molar-refractivity contribution in [2.24, 2.45) is 0 Å². The molecule has 0 aliphatic carbocycles. The molecule has 1 aliphatic heterocycles. The Balaban J connectivity index is 1.40. The van der Waals surface area contributed by atoms with Gasteiger partial charge in [0.1, 0.15) is 11.9 Å². The normalized spacial score (nSPS) is 15.5. The third-order valence-corrected chi connectivity index (χ3v) is 5.58. The van der Waals surface area contributed by atoms with Gasteiger partial charge in [-0.3, -0.25) is 9.48 Å². The van der Waals surface area contributed by atoms with Gasteiger partial charge in [0.05, 0.1) is 5.02 Å². The molecule has 0 spiro atoms. The number of benzene rings is 1.